The number of rotatable bonds is 7. The van der Waals surface area contributed by atoms with Crippen LogP contribution in [0.15, 0.2) is 60.7 Å². The molecule has 0 aliphatic heterocycles. The fourth-order valence-corrected chi connectivity index (χ4v) is 16.0. The largest absolute Gasteiger partial charge is 0.404 e. The molecule has 4 aliphatic carbocycles. The average molecular weight is 571 g/mol. The Hall–Kier alpha value is -1.38. The van der Waals surface area contributed by atoms with Crippen molar-refractivity contribution in [2.24, 2.45) is 40.4 Å². The average Bonchev–Trinajstić information content (AvgIpc) is 3.31. The second-order valence-corrected chi connectivity index (χ2v) is 20.5. The van der Waals surface area contributed by atoms with Gasteiger partial charge in [0.25, 0.3) is 8.32 Å². The first-order valence-corrected chi connectivity index (χ1v) is 19.3. The van der Waals surface area contributed by atoms with E-state index in [1.807, 2.05) is 0 Å². The fourth-order valence-electron chi connectivity index (χ4n) is 11.3. The Morgan fingerprint density at radius 3 is 1.98 bits per heavy atom. The Balaban J connectivity index is 1.24. The van der Waals surface area contributed by atoms with Crippen molar-refractivity contribution in [3.63, 3.8) is 0 Å². The van der Waals surface area contributed by atoms with Crippen LogP contribution in [0, 0.1) is 40.4 Å². The smallest absolute Gasteiger partial charge is 0.261 e. The third-order valence-corrected chi connectivity index (χ3v) is 18.6. The van der Waals surface area contributed by atoms with Crippen molar-refractivity contribution in [2.75, 3.05) is 0 Å². The van der Waals surface area contributed by atoms with Crippen LogP contribution in [0.1, 0.15) is 119 Å². The minimum absolute atomic E-state index is 0.0543. The molecule has 8 atom stereocenters. The van der Waals surface area contributed by atoms with Gasteiger partial charge in [-0.2, -0.15) is 0 Å². The summed E-state index contributed by atoms with van der Waals surface area (Å²) < 4.78 is 7.72. The Bertz CT molecular complexity index is 1110. The minimum atomic E-state index is -2.50. The molecule has 0 bridgehead atoms. The predicted octanol–water partition coefficient (Wildman–Crippen LogP) is 9.78. The molecular weight excluding hydrogens is 513 g/mol. The molecule has 4 saturated carbocycles. The van der Waals surface area contributed by atoms with Gasteiger partial charge >= 0.3 is 0 Å². The van der Waals surface area contributed by atoms with Crippen molar-refractivity contribution in [3.05, 3.63) is 60.7 Å². The molecule has 0 amide bonds. The summed E-state index contributed by atoms with van der Waals surface area (Å²) in [6.07, 6.45) is 17.5. The van der Waals surface area contributed by atoms with Crippen molar-refractivity contribution < 1.29 is 4.43 Å². The highest BCUT2D eigenvalue weighted by atomic mass is 28.4. The van der Waals surface area contributed by atoms with E-state index in [1.165, 1.54) is 87.4 Å². The topological polar surface area (TPSA) is 9.23 Å². The first-order chi connectivity index (χ1) is 19.6. The Labute approximate surface area is 253 Å². The maximum Gasteiger partial charge on any atom is 0.261 e. The van der Waals surface area contributed by atoms with E-state index in [0.29, 0.717) is 16.9 Å². The minimum Gasteiger partial charge on any atom is -0.404 e. The molecular formula is C39H58OSi. The molecule has 1 nitrogen and oxygen atoms in total. The van der Waals surface area contributed by atoms with Crippen LogP contribution in [0.2, 0.25) is 5.04 Å². The van der Waals surface area contributed by atoms with Crippen LogP contribution in [0.5, 0.6) is 0 Å². The molecule has 4 aliphatic rings. The van der Waals surface area contributed by atoms with E-state index in [2.05, 4.69) is 102 Å². The molecule has 0 N–H and O–H groups in total. The molecule has 0 saturated heterocycles. The van der Waals surface area contributed by atoms with Crippen LogP contribution in [-0.4, -0.2) is 14.4 Å². The highest BCUT2D eigenvalue weighted by molar-refractivity contribution is 6.99. The van der Waals surface area contributed by atoms with Gasteiger partial charge in [0.15, 0.2) is 0 Å². The lowest BCUT2D eigenvalue weighted by Gasteiger charge is -2.61. The van der Waals surface area contributed by atoms with Gasteiger partial charge in [-0.25, -0.2) is 0 Å². The standard InChI is InChI=1S/C39H58OSi/c1-7-8-15-29-21-23-35-34-22-20-30-28-31(24-26-39(30,6)36(34)25-27-38(29,35)5)40-41(37(2,3)4,32-16-11-9-12-17-32)33-18-13-10-14-19-33/h9-14,16-19,29-31,34-36H,7-8,15,20-28H2,1-6H3/t29?,30?,31-,34?,35?,36?,38-,39+/m1/s1. The number of hydrogen-bond donors (Lipinski definition) is 0. The molecule has 224 valence electrons. The number of benzene rings is 2. The van der Waals surface area contributed by atoms with Crippen LogP contribution in [0.25, 0.3) is 0 Å². The van der Waals surface area contributed by atoms with Gasteiger partial charge in [-0.05, 0) is 120 Å². The van der Waals surface area contributed by atoms with Gasteiger partial charge in [-0.3, -0.25) is 0 Å². The van der Waals surface area contributed by atoms with Crippen LogP contribution >= 0.6 is 0 Å². The van der Waals surface area contributed by atoms with E-state index >= 15 is 0 Å². The Kier molecular flexibility index (Phi) is 8.16. The fraction of sp³-hybridized carbons (Fsp3) is 0.692. The summed E-state index contributed by atoms with van der Waals surface area (Å²) in [6.45, 7) is 15.1. The van der Waals surface area contributed by atoms with Crippen LogP contribution in [0.4, 0.5) is 0 Å². The molecule has 2 aromatic rings. The second kappa shape index (κ2) is 11.3. The summed E-state index contributed by atoms with van der Waals surface area (Å²) in [5, 5.41) is 2.92. The van der Waals surface area contributed by atoms with E-state index in [1.54, 1.807) is 0 Å². The molecule has 5 unspecified atom stereocenters. The summed E-state index contributed by atoms with van der Waals surface area (Å²) in [7, 11) is -2.50. The molecule has 0 radical (unpaired) electrons. The molecule has 0 aromatic heterocycles. The Morgan fingerprint density at radius 1 is 0.756 bits per heavy atom. The quantitative estimate of drug-likeness (QED) is 0.301. The van der Waals surface area contributed by atoms with Crippen molar-refractivity contribution in [3.8, 4) is 0 Å². The molecule has 2 heteroatoms. The lowest BCUT2D eigenvalue weighted by molar-refractivity contribution is -0.125. The van der Waals surface area contributed by atoms with Crippen molar-refractivity contribution in [1.82, 2.24) is 0 Å². The monoisotopic (exact) mass is 570 g/mol. The summed E-state index contributed by atoms with van der Waals surface area (Å²) in [4.78, 5) is 0. The van der Waals surface area contributed by atoms with Crippen molar-refractivity contribution in [1.29, 1.82) is 0 Å². The maximum absolute atomic E-state index is 7.72. The van der Waals surface area contributed by atoms with Crippen LogP contribution in [-0.2, 0) is 4.43 Å². The van der Waals surface area contributed by atoms with Gasteiger partial charge in [0.2, 0.25) is 0 Å². The van der Waals surface area contributed by atoms with Gasteiger partial charge in [-0.15, -0.1) is 0 Å². The first kappa shape index (κ1) is 29.7. The second-order valence-electron chi connectivity index (χ2n) is 16.3. The summed E-state index contributed by atoms with van der Waals surface area (Å²) in [6, 6.07) is 22.6. The van der Waals surface area contributed by atoms with Gasteiger partial charge in [0.05, 0.1) is 0 Å². The zero-order valence-electron chi connectivity index (χ0n) is 27.1. The normalized spacial score (nSPS) is 37.2. The number of hydrogen-bond acceptors (Lipinski definition) is 1. The van der Waals surface area contributed by atoms with Crippen LogP contribution in [0.3, 0.4) is 0 Å². The SMILES string of the molecule is CCCCC1CCC2C3CCC4C[C@H](O[Si](c5ccccc5)(c5ccccc5)C(C)(C)C)CC[C@]4(C)C3CC[C@]12C. The highest BCUT2D eigenvalue weighted by Crippen LogP contribution is 2.68. The van der Waals surface area contributed by atoms with Gasteiger partial charge in [0, 0.05) is 6.10 Å². The molecule has 4 fully saturated rings. The third kappa shape index (κ3) is 4.92. The Morgan fingerprint density at radius 2 is 1.37 bits per heavy atom. The molecule has 6 rings (SSSR count). The summed E-state index contributed by atoms with van der Waals surface area (Å²) in [5.41, 5.74) is 1.14. The summed E-state index contributed by atoms with van der Waals surface area (Å²) >= 11 is 0. The maximum atomic E-state index is 7.72. The van der Waals surface area contributed by atoms with E-state index in [9.17, 15) is 0 Å². The highest BCUT2D eigenvalue weighted by Gasteiger charge is 2.61. The van der Waals surface area contributed by atoms with Gasteiger partial charge in [0.1, 0.15) is 0 Å². The zero-order chi connectivity index (χ0) is 28.9. The van der Waals surface area contributed by atoms with Crippen molar-refractivity contribution >= 4 is 18.7 Å². The van der Waals surface area contributed by atoms with E-state index in [-0.39, 0.29) is 5.04 Å². The van der Waals surface area contributed by atoms with Gasteiger partial charge < -0.3 is 4.43 Å². The van der Waals surface area contributed by atoms with E-state index in [4.69, 9.17) is 4.43 Å². The van der Waals surface area contributed by atoms with Crippen molar-refractivity contribution in [2.45, 2.75) is 130 Å². The number of fused-ring (bicyclic) bond motifs is 5. The summed E-state index contributed by atoms with van der Waals surface area (Å²) in [5.74, 6) is 4.73. The first-order valence-electron chi connectivity index (χ1n) is 17.4. The number of unbranched alkanes of at least 4 members (excludes halogenated alkanes) is 1. The van der Waals surface area contributed by atoms with Gasteiger partial charge in [-0.1, -0.05) is 115 Å². The zero-order valence-corrected chi connectivity index (χ0v) is 28.1. The predicted molar refractivity (Wildman–Crippen MR) is 177 cm³/mol. The molecule has 0 heterocycles. The third-order valence-electron chi connectivity index (χ3n) is 13.5. The molecule has 41 heavy (non-hydrogen) atoms. The lowest BCUT2D eigenvalue weighted by atomic mass is 9.44. The van der Waals surface area contributed by atoms with E-state index in [0.717, 1.165) is 29.6 Å². The molecule has 2 aromatic carbocycles. The molecule has 0 spiro atoms. The van der Waals surface area contributed by atoms with Crippen LogP contribution < -0.4 is 10.4 Å². The van der Waals surface area contributed by atoms with E-state index < -0.39 is 8.32 Å². The lowest BCUT2D eigenvalue weighted by Crippen LogP contribution is -2.68.